The van der Waals surface area contributed by atoms with Gasteiger partial charge in [-0.1, -0.05) is 72.8 Å². The first-order chi connectivity index (χ1) is 20.9. The van der Waals surface area contributed by atoms with Crippen LogP contribution in [0.25, 0.3) is 43.4 Å². The Labute approximate surface area is 245 Å². The van der Waals surface area contributed by atoms with Gasteiger partial charge in [0, 0.05) is 21.5 Å². The van der Waals surface area contributed by atoms with Gasteiger partial charge in [0.05, 0.1) is 37.2 Å². The van der Waals surface area contributed by atoms with Crippen LogP contribution in [0.4, 0.5) is 11.6 Å². The van der Waals surface area contributed by atoms with E-state index in [1.165, 1.54) is 55.0 Å². The topological polar surface area (TPSA) is 32.7 Å². The third kappa shape index (κ3) is 4.25. The smallest absolute Gasteiger partial charge is 0.285 e. The normalized spacial score (nSPS) is 14.5. The van der Waals surface area contributed by atoms with E-state index in [1.807, 2.05) is 0 Å². The predicted molar refractivity (Wildman–Crippen MR) is 169 cm³/mol. The summed E-state index contributed by atoms with van der Waals surface area (Å²) < 4.78 is 17.0. The highest BCUT2D eigenvalue weighted by molar-refractivity contribution is 6.09. The summed E-state index contributed by atoms with van der Waals surface area (Å²) in [5, 5.41) is 7.93. The van der Waals surface area contributed by atoms with Gasteiger partial charge >= 0.3 is 0 Å². The van der Waals surface area contributed by atoms with Crippen LogP contribution in [0.2, 0.25) is 0 Å². The van der Waals surface area contributed by atoms with E-state index in [2.05, 4.69) is 116 Å². The molecule has 4 aromatic carbocycles. The predicted octanol–water partition coefficient (Wildman–Crippen LogP) is 5.25. The van der Waals surface area contributed by atoms with Gasteiger partial charge in [-0.2, -0.15) is 0 Å². The van der Waals surface area contributed by atoms with Crippen LogP contribution in [0, 0.1) is 0 Å². The number of para-hydroxylation sites is 2. The fourth-order valence-electron chi connectivity index (χ4n) is 7.11. The number of ether oxygens (including phenoxy) is 2. The minimum Gasteiger partial charge on any atom is -0.375 e. The number of anilines is 2. The van der Waals surface area contributed by atoms with E-state index in [-0.39, 0.29) is 0 Å². The summed E-state index contributed by atoms with van der Waals surface area (Å²) in [6.07, 6.45) is 0. The molecule has 0 saturated heterocycles. The number of fused-ring (bicyclic) bond motifs is 12. The van der Waals surface area contributed by atoms with E-state index < -0.39 is 0 Å². The molecule has 0 radical (unpaired) electrons. The molecule has 42 heavy (non-hydrogen) atoms. The largest absolute Gasteiger partial charge is 0.375 e. The van der Waals surface area contributed by atoms with Gasteiger partial charge in [0.2, 0.25) is 0 Å². The van der Waals surface area contributed by atoms with E-state index in [4.69, 9.17) is 9.47 Å². The Morgan fingerprint density at radius 3 is 1.29 bits per heavy atom. The van der Waals surface area contributed by atoms with Crippen LogP contribution in [0.5, 0.6) is 0 Å². The molecular formula is C36H36N4O2+2. The summed E-state index contributed by atoms with van der Waals surface area (Å²) >= 11 is 0. The summed E-state index contributed by atoms with van der Waals surface area (Å²) in [6.45, 7) is 8.42. The Morgan fingerprint density at radius 2 is 0.833 bits per heavy atom. The molecule has 2 aromatic heterocycles. The second-order valence-electron chi connectivity index (χ2n) is 11.3. The number of pyridine rings is 2. The Hall–Kier alpha value is -4.26. The molecular weight excluding hydrogens is 520 g/mol. The van der Waals surface area contributed by atoms with Gasteiger partial charge in [-0.15, -0.1) is 0 Å². The van der Waals surface area contributed by atoms with Crippen molar-refractivity contribution in [1.82, 2.24) is 0 Å². The lowest BCUT2D eigenvalue weighted by Gasteiger charge is -2.15. The zero-order chi connectivity index (χ0) is 27.9. The molecule has 0 saturated carbocycles. The molecule has 0 bridgehead atoms. The second kappa shape index (κ2) is 10.9. The molecule has 0 spiro atoms. The summed E-state index contributed by atoms with van der Waals surface area (Å²) in [5.74, 6) is 2.63. The second-order valence-corrected chi connectivity index (χ2v) is 11.3. The maximum absolute atomic E-state index is 6.05. The van der Waals surface area contributed by atoms with Gasteiger partial charge in [0.1, 0.15) is 50.3 Å². The summed E-state index contributed by atoms with van der Waals surface area (Å²) in [6, 6.07) is 35.1. The van der Waals surface area contributed by atoms with E-state index in [1.54, 1.807) is 0 Å². The van der Waals surface area contributed by atoms with Crippen molar-refractivity contribution in [2.24, 2.45) is 0 Å². The molecule has 4 heterocycles. The molecule has 8 rings (SSSR count). The maximum Gasteiger partial charge on any atom is 0.285 e. The molecule has 6 nitrogen and oxygen atoms in total. The van der Waals surface area contributed by atoms with Gasteiger partial charge in [-0.3, -0.25) is 9.80 Å². The third-order valence-electron chi connectivity index (χ3n) is 8.99. The summed E-state index contributed by atoms with van der Waals surface area (Å²) in [5.41, 5.74) is 2.62. The van der Waals surface area contributed by atoms with Gasteiger partial charge in [-0.25, -0.2) is 9.13 Å². The summed E-state index contributed by atoms with van der Waals surface area (Å²) in [7, 11) is 0. The van der Waals surface area contributed by atoms with Crippen LogP contribution < -0.4 is 18.9 Å². The lowest BCUT2D eigenvalue weighted by Crippen LogP contribution is -2.33. The molecule has 6 aromatic rings. The Morgan fingerprint density at radius 1 is 0.452 bits per heavy atom. The van der Waals surface area contributed by atoms with E-state index >= 15 is 0 Å². The number of rotatable bonds is 9. The van der Waals surface area contributed by atoms with Crippen LogP contribution in [0.1, 0.15) is 0 Å². The molecule has 6 heteroatoms. The van der Waals surface area contributed by atoms with Crippen LogP contribution in [0.3, 0.4) is 0 Å². The zero-order valence-electron chi connectivity index (χ0n) is 23.9. The van der Waals surface area contributed by atoms with Crippen molar-refractivity contribution in [3.8, 4) is 0 Å². The van der Waals surface area contributed by atoms with Crippen molar-refractivity contribution in [3.63, 3.8) is 0 Å². The fourth-order valence-corrected chi connectivity index (χ4v) is 7.11. The van der Waals surface area contributed by atoms with Crippen molar-refractivity contribution in [2.45, 2.75) is 13.1 Å². The zero-order valence-corrected chi connectivity index (χ0v) is 23.9. The maximum atomic E-state index is 6.05. The average Bonchev–Trinajstić information content (AvgIpc) is 3.68. The molecule has 0 fully saturated rings. The monoisotopic (exact) mass is 556 g/mol. The fraction of sp³-hybridized carbons (Fsp3) is 0.278. The first-order valence-electron chi connectivity index (χ1n) is 15.2. The number of hydrogen-bond donors (Lipinski definition) is 0. The van der Waals surface area contributed by atoms with Crippen LogP contribution >= 0.6 is 0 Å². The minimum absolute atomic E-state index is 0.616. The number of aromatic nitrogens is 2. The van der Waals surface area contributed by atoms with Crippen molar-refractivity contribution in [1.29, 1.82) is 0 Å². The molecule has 0 amide bonds. The minimum atomic E-state index is 0.616. The standard InChI is InChI=1S/C36H36N4O2/c1-3-13-31-27(9-1)29-11-5-7-15-33(29)39-19-17-37(35(31)39)21-23-41-25-26-42-24-22-38-18-20-40-34-16-8-6-12-30(34)28-10-2-4-14-32(28)36(38)40/h1-16H,17-26H2/q+2. The van der Waals surface area contributed by atoms with Gasteiger partial charge in [-0.05, 0) is 24.3 Å². The third-order valence-corrected chi connectivity index (χ3v) is 8.99. The highest BCUT2D eigenvalue weighted by Crippen LogP contribution is 2.33. The van der Waals surface area contributed by atoms with Crippen molar-refractivity contribution < 1.29 is 18.6 Å². The Bertz CT molecular complexity index is 1800. The van der Waals surface area contributed by atoms with Crippen molar-refractivity contribution >= 4 is 55.0 Å². The molecule has 0 aliphatic carbocycles. The van der Waals surface area contributed by atoms with Crippen LogP contribution in [-0.4, -0.2) is 52.6 Å². The van der Waals surface area contributed by atoms with Gasteiger partial charge in [0.15, 0.2) is 0 Å². The lowest BCUT2D eigenvalue weighted by atomic mass is 10.1. The quantitative estimate of drug-likeness (QED) is 0.138. The number of hydrogen-bond acceptors (Lipinski definition) is 4. The van der Waals surface area contributed by atoms with Crippen LogP contribution in [0.15, 0.2) is 97.1 Å². The Balaban J connectivity index is 0.863. The molecule has 210 valence electrons. The van der Waals surface area contributed by atoms with Crippen molar-refractivity contribution in [2.75, 3.05) is 62.4 Å². The van der Waals surface area contributed by atoms with E-state index in [0.29, 0.717) is 26.4 Å². The van der Waals surface area contributed by atoms with E-state index in [9.17, 15) is 0 Å². The molecule has 2 aliphatic rings. The van der Waals surface area contributed by atoms with E-state index in [0.717, 1.165) is 39.3 Å². The highest BCUT2D eigenvalue weighted by atomic mass is 16.5. The van der Waals surface area contributed by atoms with Gasteiger partial charge < -0.3 is 9.47 Å². The average molecular weight is 557 g/mol. The Kier molecular flexibility index (Phi) is 6.58. The summed E-state index contributed by atoms with van der Waals surface area (Å²) in [4.78, 5) is 4.96. The number of nitrogens with zero attached hydrogens (tertiary/aromatic N) is 4. The highest BCUT2D eigenvalue weighted by Gasteiger charge is 2.33. The number of benzene rings is 4. The molecule has 2 aliphatic heterocycles. The van der Waals surface area contributed by atoms with Crippen molar-refractivity contribution in [3.05, 3.63) is 97.1 Å². The molecule has 0 N–H and O–H groups in total. The SMILES string of the molecule is c1ccc2c(c1)c1[n+](c3ccccc23)CCN1CCOCCOCCN1CC[n+]2c1c1ccccc1c1ccccc12. The molecule has 0 atom stereocenters. The first kappa shape index (κ1) is 25.5. The first-order valence-corrected chi connectivity index (χ1v) is 15.2. The molecule has 0 unspecified atom stereocenters. The van der Waals surface area contributed by atoms with Crippen LogP contribution in [-0.2, 0) is 22.6 Å². The lowest BCUT2D eigenvalue weighted by molar-refractivity contribution is -0.643. The van der Waals surface area contributed by atoms with Gasteiger partial charge in [0.25, 0.3) is 11.6 Å².